The van der Waals surface area contributed by atoms with Gasteiger partial charge in [-0.25, -0.2) is 0 Å². The van der Waals surface area contributed by atoms with E-state index in [-0.39, 0.29) is 63.4 Å². The molecule has 59 heavy (non-hydrogen) atoms. The predicted octanol–water partition coefficient (Wildman–Crippen LogP) is 19.7. The van der Waals surface area contributed by atoms with E-state index in [2.05, 4.69) is 179 Å². The third kappa shape index (κ3) is 27.1. The number of hydrogen-bond acceptors (Lipinski definition) is 0. The predicted molar refractivity (Wildman–Crippen MR) is 307 cm³/mol. The van der Waals surface area contributed by atoms with Crippen molar-refractivity contribution in [2.24, 2.45) is 0 Å². The van der Waals surface area contributed by atoms with Crippen molar-refractivity contribution in [2.75, 3.05) is 99.6 Å². The molecule has 0 aromatic carbocycles. The van der Waals surface area contributed by atoms with Crippen molar-refractivity contribution in [2.45, 2.75) is 227 Å². The Morgan fingerprint density at radius 3 is 0.441 bits per heavy atom. The van der Waals surface area contributed by atoms with Crippen LogP contribution in [0.15, 0.2) is 0 Å². The molecule has 0 aliphatic rings. The van der Waals surface area contributed by atoms with E-state index in [0.717, 1.165) is 0 Å². The van der Waals surface area contributed by atoms with Gasteiger partial charge in [0.25, 0.3) is 0 Å². The van der Waals surface area contributed by atoms with Crippen molar-refractivity contribution in [1.82, 2.24) is 0 Å². The van der Waals surface area contributed by atoms with Gasteiger partial charge in [-0.1, -0.05) is 166 Å². The molecule has 0 bridgehead atoms. The van der Waals surface area contributed by atoms with Crippen LogP contribution in [0, 0.1) is 0 Å². The molecular formula is C51H112P8. The molecule has 0 heterocycles. The van der Waals surface area contributed by atoms with Crippen LogP contribution in [0.1, 0.15) is 185 Å². The summed E-state index contributed by atoms with van der Waals surface area (Å²) < 4.78 is 0. The second-order valence-corrected chi connectivity index (χ2v) is 52.5. The molecule has 8 atom stereocenters. The minimum Gasteiger partial charge on any atom is -0.104 e. The van der Waals surface area contributed by atoms with Gasteiger partial charge < -0.3 is 0 Å². The molecule has 0 aromatic rings. The van der Waals surface area contributed by atoms with Crippen molar-refractivity contribution in [3.8, 4) is 0 Å². The topological polar surface area (TPSA) is 0 Å². The average Bonchev–Trinajstić information content (AvgIpc) is 2.99. The highest BCUT2D eigenvalue weighted by atomic mass is 31.1. The first kappa shape index (κ1) is 62.4. The van der Waals surface area contributed by atoms with Crippen LogP contribution in [0.2, 0.25) is 0 Å². The van der Waals surface area contributed by atoms with Gasteiger partial charge in [0, 0.05) is 0 Å². The van der Waals surface area contributed by atoms with Crippen LogP contribution in [0.4, 0.5) is 0 Å². The zero-order chi connectivity index (χ0) is 46.6. The summed E-state index contributed by atoms with van der Waals surface area (Å²) in [6.45, 7) is 66.3. The van der Waals surface area contributed by atoms with Crippen LogP contribution in [0.3, 0.4) is 0 Å². The van der Waals surface area contributed by atoms with Gasteiger partial charge in [-0.15, -0.1) is 63.4 Å². The van der Waals surface area contributed by atoms with Crippen molar-refractivity contribution in [1.29, 1.82) is 0 Å². The van der Waals surface area contributed by atoms with E-state index in [4.69, 9.17) is 0 Å². The Hall–Kier alpha value is 3.44. The molecule has 0 saturated heterocycles. The molecule has 0 rings (SSSR count). The second-order valence-electron chi connectivity index (χ2n) is 26.2. The van der Waals surface area contributed by atoms with Gasteiger partial charge in [0.15, 0.2) is 0 Å². The van der Waals surface area contributed by atoms with E-state index in [9.17, 15) is 0 Å². The van der Waals surface area contributed by atoms with E-state index >= 15 is 0 Å². The van der Waals surface area contributed by atoms with Gasteiger partial charge in [0.05, 0.1) is 0 Å². The van der Waals surface area contributed by atoms with Gasteiger partial charge in [-0.05, 0) is 160 Å². The molecule has 0 saturated carbocycles. The van der Waals surface area contributed by atoms with Crippen molar-refractivity contribution in [3.05, 3.63) is 0 Å². The van der Waals surface area contributed by atoms with E-state index < -0.39 is 0 Å². The summed E-state index contributed by atoms with van der Waals surface area (Å²) in [5.41, 5.74) is 0. The van der Waals surface area contributed by atoms with Crippen LogP contribution < -0.4 is 0 Å². The molecule has 0 nitrogen and oxygen atoms in total. The Morgan fingerprint density at radius 2 is 0.322 bits per heavy atom. The first-order chi connectivity index (χ1) is 26.2. The van der Waals surface area contributed by atoms with Crippen LogP contribution in [0.25, 0.3) is 0 Å². The summed E-state index contributed by atoms with van der Waals surface area (Å²) in [6, 6.07) is 0. The summed E-state index contributed by atoms with van der Waals surface area (Å²) in [5.74, 6) is 0. The lowest BCUT2D eigenvalue weighted by Crippen LogP contribution is -2.23. The lowest BCUT2D eigenvalue weighted by atomic mass is 10.3. The summed E-state index contributed by atoms with van der Waals surface area (Å²) in [6.07, 6.45) is 25.4. The third-order valence-electron chi connectivity index (χ3n) is 13.2. The zero-order valence-corrected chi connectivity index (χ0v) is 52.8. The van der Waals surface area contributed by atoms with Crippen molar-refractivity contribution < 1.29 is 0 Å². The Labute approximate surface area is 387 Å². The highest BCUT2D eigenvalue weighted by molar-refractivity contribution is 7.65. The van der Waals surface area contributed by atoms with Gasteiger partial charge in [-0.3, -0.25) is 0 Å². The molecule has 0 fully saturated rings. The molecule has 356 valence electrons. The third-order valence-corrected chi connectivity index (χ3v) is 42.1. The Kier molecular flexibility index (Phi) is 27.8. The lowest BCUT2D eigenvalue weighted by Gasteiger charge is -2.39. The van der Waals surface area contributed by atoms with Crippen LogP contribution in [-0.2, 0) is 0 Å². The van der Waals surface area contributed by atoms with Gasteiger partial charge in [-0.2, -0.15) is 0 Å². The fourth-order valence-corrected chi connectivity index (χ4v) is 30.7. The standard InChI is InChI=1S/C51H112P8/c1-44(2,3)52(25)36-38-54(46(7,8)9)30-27-32-56(48(13,14)15)40-42-58(50(19,20)21)34-29-35-59(51(22,23)24)43-41-57(49(16,17)18)33-28-31-55(47(10,11)12)39-37-53(26)45(4,5)6/h27-43H2,1-26H3. The van der Waals surface area contributed by atoms with Gasteiger partial charge in [0.2, 0.25) is 0 Å². The lowest BCUT2D eigenvalue weighted by molar-refractivity contribution is 0.762. The van der Waals surface area contributed by atoms with E-state index in [1.165, 1.54) is 106 Å². The van der Waals surface area contributed by atoms with Crippen LogP contribution in [-0.4, -0.2) is 141 Å². The van der Waals surface area contributed by atoms with E-state index in [1.54, 1.807) is 0 Å². The fourth-order valence-electron chi connectivity index (χ4n) is 7.75. The van der Waals surface area contributed by atoms with Gasteiger partial charge in [0.1, 0.15) is 0 Å². The monoisotopic (exact) mass is 973 g/mol. The van der Waals surface area contributed by atoms with Crippen LogP contribution >= 0.6 is 63.4 Å². The molecule has 0 spiro atoms. The fraction of sp³-hybridized carbons (Fsp3) is 1.00. The number of rotatable bonds is 24. The maximum atomic E-state index is 2.59. The Morgan fingerprint density at radius 1 is 0.186 bits per heavy atom. The van der Waals surface area contributed by atoms with Crippen molar-refractivity contribution >= 4 is 63.4 Å². The molecule has 8 unspecified atom stereocenters. The normalized spacial score (nSPS) is 18.6. The highest BCUT2D eigenvalue weighted by Crippen LogP contribution is 2.61. The van der Waals surface area contributed by atoms with E-state index in [1.807, 2.05) is 0 Å². The molecule has 8 heteroatoms. The minimum absolute atomic E-state index is 0.0430. The quantitative estimate of drug-likeness (QED) is 0.0846. The molecular weight excluding hydrogens is 860 g/mol. The summed E-state index contributed by atoms with van der Waals surface area (Å²) in [5, 5.41) is 3.81. The molecule has 0 aliphatic heterocycles. The zero-order valence-electron chi connectivity index (χ0n) is 45.6. The molecule has 0 N–H and O–H groups in total. The minimum atomic E-state index is 0.0430. The SMILES string of the molecule is CP(CCP(CCCP(CCP(CCCP(CCP(CCCP(CCP(C)C(C)(C)C)C(C)(C)C)C(C)(C)C)C(C)(C)C)C(C)(C)C)C(C)(C)C)C(C)(C)C)C(C)(C)C. The molecule has 0 amide bonds. The molecule has 0 aromatic heterocycles. The smallest absolute Gasteiger partial charge is 0.0179 e. The highest BCUT2D eigenvalue weighted by Gasteiger charge is 2.33. The van der Waals surface area contributed by atoms with Gasteiger partial charge >= 0.3 is 0 Å². The number of hydrogen-bond donors (Lipinski definition) is 0. The average molecular weight is 973 g/mol. The largest absolute Gasteiger partial charge is 0.104 e. The Balaban J connectivity index is 5.59. The summed E-state index contributed by atoms with van der Waals surface area (Å²) in [4.78, 5) is 0. The molecule has 0 aliphatic carbocycles. The second kappa shape index (κ2) is 26.3. The summed E-state index contributed by atoms with van der Waals surface area (Å²) in [7, 11) is 0.601. The molecule has 0 radical (unpaired) electrons. The van der Waals surface area contributed by atoms with E-state index in [0.29, 0.717) is 41.2 Å². The summed E-state index contributed by atoms with van der Waals surface area (Å²) >= 11 is 0. The first-order valence-corrected chi connectivity index (χ1v) is 38.3. The van der Waals surface area contributed by atoms with Crippen molar-refractivity contribution in [3.63, 3.8) is 0 Å². The Bertz CT molecular complexity index is 1020. The maximum Gasteiger partial charge on any atom is -0.0179 e. The van der Waals surface area contributed by atoms with Crippen LogP contribution in [0.5, 0.6) is 0 Å². The first-order valence-electron chi connectivity index (χ1n) is 24.1. The maximum absolute atomic E-state index is 2.59.